The van der Waals surface area contributed by atoms with Crippen molar-refractivity contribution in [3.63, 3.8) is 0 Å². The number of carbonyl (C=O) groups excluding carboxylic acids is 3. The van der Waals surface area contributed by atoms with E-state index in [2.05, 4.69) is 17.4 Å². The van der Waals surface area contributed by atoms with Crippen LogP contribution < -0.4 is 11.1 Å². The molecule has 2 atom stereocenters. The Balaban J connectivity index is 0.00000441. The lowest BCUT2D eigenvalue weighted by atomic mass is 10.00. The maximum absolute atomic E-state index is 13.2. The average Bonchev–Trinajstić information content (AvgIpc) is 3.09. The third kappa shape index (κ3) is 7.97. The van der Waals surface area contributed by atoms with Crippen LogP contribution in [0.25, 0.3) is 0 Å². The number of aryl methyl sites for hydroxylation is 1. The van der Waals surface area contributed by atoms with Gasteiger partial charge in [0.25, 0.3) is 0 Å². The van der Waals surface area contributed by atoms with Crippen LogP contribution in [0.1, 0.15) is 47.9 Å². The van der Waals surface area contributed by atoms with E-state index in [0.717, 1.165) is 24.8 Å². The summed E-state index contributed by atoms with van der Waals surface area (Å²) in [5.74, 6) is -0.701. The van der Waals surface area contributed by atoms with E-state index in [-0.39, 0.29) is 54.5 Å². The molecule has 4 rings (SSSR count). The SMILES string of the molecule is COC(=O)C[C@@H]1C[C@@H](CCNC(=O)N2CCc3ccc(C(=N)N)cc3CC2)N(CCCc2ccccc2)C1=O.Cl. The zero-order valence-corrected chi connectivity index (χ0v) is 23.9. The van der Waals surface area contributed by atoms with Gasteiger partial charge in [-0.05, 0) is 61.3 Å². The molecule has 2 aliphatic heterocycles. The molecule has 0 radical (unpaired) electrons. The minimum absolute atomic E-state index is 0. The zero-order chi connectivity index (χ0) is 27.8. The van der Waals surface area contributed by atoms with E-state index in [1.165, 1.54) is 18.2 Å². The molecule has 2 aliphatic rings. The number of hydrogen-bond acceptors (Lipinski definition) is 5. The Morgan fingerprint density at radius 2 is 1.82 bits per heavy atom. The molecule has 2 heterocycles. The van der Waals surface area contributed by atoms with Gasteiger partial charge in [0.15, 0.2) is 0 Å². The van der Waals surface area contributed by atoms with Crippen LogP contribution in [0, 0.1) is 11.3 Å². The standard InChI is InChI=1S/C30H39N5O4.ClH/c1-39-27(36)20-25-19-26(35(29(25)37)15-5-8-21-6-3-2-4-7-21)11-14-33-30(38)34-16-12-22-9-10-24(28(31)32)18-23(22)13-17-34;/h2-4,6-7,9-10,18,25-26H,5,8,11-17,19-20H2,1H3,(H3,31,32)(H,33,38);1H/t25-,26+;/m0./s1. The number of fused-ring (bicyclic) bond motifs is 1. The number of rotatable bonds is 10. The fraction of sp³-hybridized carbons (Fsp3) is 0.467. The summed E-state index contributed by atoms with van der Waals surface area (Å²) in [6.45, 7) is 2.29. The minimum Gasteiger partial charge on any atom is -0.469 e. The molecule has 1 saturated heterocycles. The number of hydrogen-bond donors (Lipinski definition) is 3. The summed E-state index contributed by atoms with van der Waals surface area (Å²) in [5.41, 5.74) is 9.89. The molecule has 3 amide bonds. The van der Waals surface area contributed by atoms with Crippen LogP contribution in [-0.2, 0) is 33.6 Å². The molecule has 9 nitrogen and oxygen atoms in total. The Morgan fingerprint density at radius 3 is 2.52 bits per heavy atom. The highest BCUT2D eigenvalue weighted by molar-refractivity contribution is 5.95. The summed E-state index contributed by atoms with van der Waals surface area (Å²) in [4.78, 5) is 41.8. The quantitative estimate of drug-likeness (QED) is 0.230. The van der Waals surface area contributed by atoms with E-state index in [4.69, 9.17) is 15.9 Å². The molecule has 0 unspecified atom stereocenters. The number of amidine groups is 1. The smallest absolute Gasteiger partial charge is 0.317 e. The molecule has 216 valence electrons. The topological polar surface area (TPSA) is 129 Å². The normalized spacial score (nSPS) is 18.4. The van der Waals surface area contributed by atoms with Crippen LogP contribution in [0.15, 0.2) is 48.5 Å². The number of likely N-dealkylation sites (tertiary alicyclic amines) is 1. The largest absolute Gasteiger partial charge is 0.469 e. The lowest BCUT2D eigenvalue weighted by Gasteiger charge is -2.26. The van der Waals surface area contributed by atoms with Crippen LogP contribution in [0.3, 0.4) is 0 Å². The number of esters is 1. The second kappa shape index (κ2) is 14.7. The van der Waals surface area contributed by atoms with Gasteiger partial charge < -0.3 is 25.6 Å². The number of carbonyl (C=O) groups is 3. The van der Waals surface area contributed by atoms with Crippen molar-refractivity contribution in [3.8, 4) is 0 Å². The van der Waals surface area contributed by atoms with Gasteiger partial charge in [0.05, 0.1) is 19.4 Å². The number of nitrogens with one attached hydrogen (secondary N) is 2. The van der Waals surface area contributed by atoms with Gasteiger partial charge in [-0.1, -0.05) is 42.5 Å². The molecule has 0 bridgehead atoms. The third-order valence-electron chi connectivity index (χ3n) is 7.84. The maximum Gasteiger partial charge on any atom is 0.317 e. The Hall–Kier alpha value is -3.59. The van der Waals surface area contributed by atoms with Crippen molar-refractivity contribution < 1.29 is 19.1 Å². The first-order valence-corrected chi connectivity index (χ1v) is 13.8. The summed E-state index contributed by atoms with van der Waals surface area (Å²) >= 11 is 0. The lowest BCUT2D eigenvalue weighted by molar-refractivity contribution is -0.144. The van der Waals surface area contributed by atoms with Gasteiger partial charge in [0.1, 0.15) is 5.84 Å². The van der Waals surface area contributed by atoms with Crippen LogP contribution in [0.2, 0.25) is 0 Å². The van der Waals surface area contributed by atoms with Crippen LogP contribution in [-0.4, -0.2) is 72.9 Å². The third-order valence-corrected chi connectivity index (χ3v) is 7.84. The number of nitrogens with two attached hydrogens (primary N) is 1. The molecule has 40 heavy (non-hydrogen) atoms. The Kier molecular flexibility index (Phi) is 11.4. The van der Waals surface area contributed by atoms with Crippen molar-refractivity contribution in [2.45, 2.75) is 51.0 Å². The van der Waals surface area contributed by atoms with Crippen LogP contribution >= 0.6 is 12.4 Å². The van der Waals surface area contributed by atoms with E-state index in [1.807, 2.05) is 46.2 Å². The van der Waals surface area contributed by atoms with Crippen molar-refractivity contribution in [3.05, 3.63) is 70.8 Å². The van der Waals surface area contributed by atoms with E-state index in [9.17, 15) is 14.4 Å². The zero-order valence-electron chi connectivity index (χ0n) is 23.1. The highest BCUT2D eigenvalue weighted by Crippen LogP contribution is 2.30. The van der Waals surface area contributed by atoms with Crippen molar-refractivity contribution in [1.29, 1.82) is 5.41 Å². The monoisotopic (exact) mass is 569 g/mol. The van der Waals surface area contributed by atoms with Gasteiger partial charge in [-0.2, -0.15) is 0 Å². The molecule has 10 heteroatoms. The predicted molar refractivity (Wildman–Crippen MR) is 157 cm³/mol. The average molecular weight is 570 g/mol. The minimum atomic E-state index is -0.376. The number of nitrogen functional groups attached to an aromatic ring is 1. The molecule has 0 saturated carbocycles. The van der Waals surface area contributed by atoms with Gasteiger partial charge in [-0.25, -0.2) is 4.79 Å². The van der Waals surface area contributed by atoms with E-state index in [0.29, 0.717) is 51.0 Å². The van der Waals surface area contributed by atoms with Crippen molar-refractivity contribution in [2.24, 2.45) is 11.7 Å². The fourth-order valence-electron chi connectivity index (χ4n) is 5.64. The highest BCUT2D eigenvalue weighted by atomic mass is 35.5. The highest BCUT2D eigenvalue weighted by Gasteiger charge is 2.40. The molecule has 0 aromatic heterocycles. The number of ether oxygens (including phenoxy) is 1. The Labute approximate surface area is 242 Å². The molecule has 2 aromatic rings. The van der Waals surface area contributed by atoms with Crippen LogP contribution in [0.4, 0.5) is 4.79 Å². The van der Waals surface area contributed by atoms with Crippen molar-refractivity contribution in [2.75, 3.05) is 33.3 Å². The number of benzene rings is 2. The Bertz CT molecular complexity index is 1190. The van der Waals surface area contributed by atoms with Crippen molar-refractivity contribution in [1.82, 2.24) is 15.1 Å². The summed E-state index contributed by atoms with van der Waals surface area (Å²) in [7, 11) is 1.34. The van der Waals surface area contributed by atoms with Gasteiger partial charge >= 0.3 is 12.0 Å². The molecule has 0 aliphatic carbocycles. The van der Waals surface area contributed by atoms with Gasteiger partial charge in [0.2, 0.25) is 5.91 Å². The number of methoxy groups -OCH3 is 1. The number of nitrogens with zero attached hydrogens (tertiary/aromatic N) is 2. The number of amides is 3. The van der Waals surface area contributed by atoms with Gasteiger partial charge in [-0.15, -0.1) is 12.4 Å². The first-order valence-electron chi connectivity index (χ1n) is 13.8. The first kappa shape index (κ1) is 30.9. The summed E-state index contributed by atoms with van der Waals surface area (Å²) in [6.07, 6.45) is 4.49. The van der Waals surface area contributed by atoms with E-state index in [1.54, 1.807) is 0 Å². The Morgan fingerprint density at radius 1 is 1.10 bits per heavy atom. The van der Waals surface area contributed by atoms with E-state index >= 15 is 0 Å². The molecule has 4 N–H and O–H groups in total. The summed E-state index contributed by atoms with van der Waals surface area (Å²) < 4.78 is 4.81. The maximum atomic E-state index is 13.2. The van der Waals surface area contributed by atoms with Gasteiger partial charge in [-0.3, -0.25) is 15.0 Å². The van der Waals surface area contributed by atoms with Crippen molar-refractivity contribution >= 4 is 36.2 Å². The molecule has 2 aromatic carbocycles. The predicted octanol–water partition coefficient (Wildman–Crippen LogP) is 3.31. The fourth-order valence-corrected chi connectivity index (χ4v) is 5.64. The number of halogens is 1. The molecule has 0 spiro atoms. The first-order chi connectivity index (χ1) is 18.9. The lowest BCUT2D eigenvalue weighted by Crippen LogP contribution is -2.43. The molecular weight excluding hydrogens is 530 g/mol. The molecular formula is C30H40ClN5O4. The van der Waals surface area contributed by atoms with E-state index < -0.39 is 0 Å². The second-order valence-electron chi connectivity index (χ2n) is 10.4. The van der Waals surface area contributed by atoms with Gasteiger partial charge in [0, 0.05) is 37.8 Å². The summed E-state index contributed by atoms with van der Waals surface area (Å²) in [5, 5.41) is 10.7. The summed E-state index contributed by atoms with van der Waals surface area (Å²) in [6, 6.07) is 15.9. The number of urea groups is 1. The molecule has 1 fully saturated rings. The second-order valence-corrected chi connectivity index (χ2v) is 10.4. The van der Waals surface area contributed by atoms with Crippen LogP contribution in [0.5, 0.6) is 0 Å².